The SMILES string of the molecule is CCCCCCNC(=O)c1nc(NC(=O)c2cc(F)cc(C(F)(F)F)c2)c([C@@H](C)c2cc(F)ccc2Cl)n1CC(C)=O. The lowest BCUT2D eigenvalue weighted by Crippen LogP contribution is -2.29. The lowest BCUT2D eigenvalue weighted by molar-refractivity contribution is -0.137. The molecule has 0 aliphatic rings. The number of amides is 2. The second-order valence-electron chi connectivity index (χ2n) is 9.84. The van der Waals surface area contributed by atoms with Gasteiger partial charge in [0.1, 0.15) is 17.4 Å². The van der Waals surface area contributed by atoms with Crippen LogP contribution in [0.1, 0.15) is 90.2 Å². The Labute approximate surface area is 244 Å². The zero-order valence-electron chi connectivity index (χ0n) is 23.2. The third-order valence-corrected chi connectivity index (χ3v) is 6.80. The van der Waals surface area contributed by atoms with Gasteiger partial charge in [-0.25, -0.2) is 13.8 Å². The molecule has 2 amide bonds. The fourth-order valence-corrected chi connectivity index (χ4v) is 4.72. The summed E-state index contributed by atoms with van der Waals surface area (Å²) in [4.78, 5) is 42.8. The standard InChI is InChI=1S/C29H30ClF5N4O3/c1-4-5-6-7-10-36-28(42)26-37-25(38-27(41)18-11-19(29(33,34)35)13-21(32)12-18)24(39(26)15-16(2)40)17(3)22-14-20(31)8-9-23(22)30/h8-9,11-14,17H,4-7,10,15H2,1-3H3,(H,36,42)(H,38,41)/t17-/m0/s1. The van der Waals surface area contributed by atoms with Crippen LogP contribution in [0, 0.1) is 11.6 Å². The maximum atomic E-state index is 14.2. The predicted molar refractivity (Wildman–Crippen MR) is 148 cm³/mol. The van der Waals surface area contributed by atoms with Crippen molar-refractivity contribution < 1.29 is 36.3 Å². The second-order valence-corrected chi connectivity index (χ2v) is 10.2. The molecule has 1 aromatic heterocycles. The molecule has 0 aliphatic heterocycles. The van der Waals surface area contributed by atoms with Gasteiger partial charge in [-0.3, -0.25) is 14.4 Å². The molecule has 0 saturated carbocycles. The molecular weight excluding hydrogens is 583 g/mol. The molecule has 0 bridgehead atoms. The van der Waals surface area contributed by atoms with E-state index >= 15 is 0 Å². The molecule has 3 rings (SSSR count). The van der Waals surface area contributed by atoms with Gasteiger partial charge in [0, 0.05) is 23.0 Å². The largest absolute Gasteiger partial charge is 0.416 e. The molecule has 0 aliphatic carbocycles. The van der Waals surface area contributed by atoms with Crippen LogP contribution in [0.25, 0.3) is 0 Å². The van der Waals surface area contributed by atoms with Crippen molar-refractivity contribution in [2.45, 2.75) is 65.1 Å². The number of nitrogens with zero attached hydrogens (tertiary/aromatic N) is 2. The van der Waals surface area contributed by atoms with Crippen LogP contribution in [0.3, 0.4) is 0 Å². The molecule has 0 fully saturated rings. The molecule has 0 radical (unpaired) electrons. The van der Waals surface area contributed by atoms with Gasteiger partial charge in [-0.2, -0.15) is 13.2 Å². The smallest absolute Gasteiger partial charge is 0.349 e. The quantitative estimate of drug-likeness (QED) is 0.168. The van der Waals surface area contributed by atoms with Gasteiger partial charge in [0.25, 0.3) is 11.8 Å². The fourth-order valence-electron chi connectivity index (χ4n) is 4.44. The minimum absolute atomic E-state index is 0.0645. The monoisotopic (exact) mass is 612 g/mol. The summed E-state index contributed by atoms with van der Waals surface area (Å²) in [5, 5.41) is 5.22. The van der Waals surface area contributed by atoms with Crippen molar-refractivity contribution in [3.63, 3.8) is 0 Å². The van der Waals surface area contributed by atoms with Crippen molar-refractivity contribution in [1.82, 2.24) is 14.9 Å². The predicted octanol–water partition coefficient (Wildman–Crippen LogP) is 7.14. The van der Waals surface area contributed by atoms with E-state index in [9.17, 15) is 36.3 Å². The number of anilines is 1. The van der Waals surface area contributed by atoms with E-state index < -0.39 is 46.7 Å². The topological polar surface area (TPSA) is 93.1 Å². The van der Waals surface area contributed by atoms with Crippen LogP contribution >= 0.6 is 11.6 Å². The van der Waals surface area contributed by atoms with Crippen LogP contribution < -0.4 is 10.6 Å². The highest BCUT2D eigenvalue weighted by Gasteiger charge is 2.33. The Morgan fingerprint density at radius 1 is 1.00 bits per heavy atom. The van der Waals surface area contributed by atoms with Crippen molar-refractivity contribution in [2.24, 2.45) is 0 Å². The van der Waals surface area contributed by atoms with E-state index in [1.54, 1.807) is 6.92 Å². The molecule has 0 saturated heterocycles. The first kappa shape index (κ1) is 32.7. The Balaban J connectivity index is 2.13. The molecule has 2 aromatic carbocycles. The van der Waals surface area contributed by atoms with Gasteiger partial charge in [-0.05, 0) is 55.3 Å². The lowest BCUT2D eigenvalue weighted by atomic mass is 9.96. The van der Waals surface area contributed by atoms with Crippen LogP contribution in [0.5, 0.6) is 0 Å². The normalized spacial score (nSPS) is 12.2. The fraction of sp³-hybridized carbons (Fsp3) is 0.379. The number of hydrogen-bond donors (Lipinski definition) is 2. The van der Waals surface area contributed by atoms with Gasteiger partial charge in [0.05, 0.1) is 17.8 Å². The Hall–Kier alpha value is -3.80. The summed E-state index contributed by atoms with van der Waals surface area (Å²) in [6.07, 6.45) is -1.42. The highest BCUT2D eigenvalue weighted by molar-refractivity contribution is 6.31. The van der Waals surface area contributed by atoms with Gasteiger partial charge in [-0.15, -0.1) is 0 Å². The van der Waals surface area contributed by atoms with Gasteiger partial charge in [0.2, 0.25) is 5.82 Å². The summed E-state index contributed by atoms with van der Waals surface area (Å²) in [6, 6.07) is 4.92. The van der Waals surface area contributed by atoms with E-state index in [1.165, 1.54) is 17.6 Å². The zero-order chi connectivity index (χ0) is 31.2. The number of nitrogens with one attached hydrogen (secondary N) is 2. The van der Waals surface area contributed by atoms with Crippen molar-refractivity contribution >= 4 is 35.0 Å². The van der Waals surface area contributed by atoms with Crippen molar-refractivity contribution in [2.75, 3.05) is 11.9 Å². The molecule has 0 spiro atoms. The number of benzene rings is 2. The molecule has 1 heterocycles. The lowest BCUT2D eigenvalue weighted by Gasteiger charge is -2.19. The number of unbranched alkanes of at least 4 members (excludes halogenated alkanes) is 3. The van der Waals surface area contributed by atoms with Crippen molar-refractivity contribution in [3.05, 3.63) is 81.3 Å². The molecule has 3 aromatic rings. The van der Waals surface area contributed by atoms with Crippen molar-refractivity contribution in [1.29, 1.82) is 0 Å². The molecule has 2 N–H and O–H groups in total. The number of carbonyl (C=O) groups excluding carboxylic acids is 3. The van der Waals surface area contributed by atoms with E-state index in [0.29, 0.717) is 25.1 Å². The van der Waals surface area contributed by atoms with Crippen LogP contribution in [-0.4, -0.2) is 33.7 Å². The number of alkyl halides is 3. The van der Waals surface area contributed by atoms with E-state index in [1.807, 2.05) is 6.92 Å². The van der Waals surface area contributed by atoms with E-state index in [-0.39, 0.29) is 46.3 Å². The number of carbonyl (C=O) groups is 3. The first-order chi connectivity index (χ1) is 19.7. The average molecular weight is 613 g/mol. The third kappa shape index (κ3) is 8.15. The second kappa shape index (κ2) is 13.9. The first-order valence-corrected chi connectivity index (χ1v) is 13.6. The molecule has 42 heavy (non-hydrogen) atoms. The Kier molecular flexibility index (Phi) is 10.8. The summed E-state index contributed by atoms with van der Waals surface area (Å²) >= 11 is 6.33. The van der Waals surface area contributed by atoms with E-state index in [2.05, 4.69) is 15.6 Å². The van der Waals surface area contributed by atoms with Gasteiger partial charge in [0.15, 0.2) is 5.82 Å². The number of imidazole rings is 1. The maximum Gasteiger partial charge on any atom is 0.416 e. The van der Waals surface area contributed by atoms with Gasteiger partial charge >= 0.3 is 6.18 Å². The summed E-state index contributed by atoms with van der Waals surface area (Å²) in [6.45, 7) is 4.80. The number of aromatic nitrogens is 2. The van der Waals surface area contributed by atoms with E-state index in [4.69, 9.17) is 11.6 Å². The molecule has 0 unspecified atom stereocenters. The highest BCUT2D eigenvalue weighted by Crippen LogP contribution is 2.36. The molecule has 226 valence electrons. The zero-order valence-corrected chi connectivity index (χ0v) is 23.9. The third-order valence-electron chi connectivity index (χ3n) is 6.46. The Morgan fingerprint density at radius 2 is 1.71 bits per heavy atom. The van der Waals surface area contributed by atoms with Gasteiger partial charge < -0.3 is 15.2 Å². The summed E-state index contributed by atoms with van der Waals surface area (Å²) < 4.78 is 69.3. The Bertz CT molecular complexity index is 1470. The number of rotatable bonds is 12. The summed E-state index contributed by atoms with van der Waals surface area (Å²) in [5.41, 5.74) is -1.74. The first-order valence-electron chi connectivity index (χ1n) is 13.2. The van der Waals surface area contributed by atoms with Crippen LogP contribution in [0.4, 0.5) is 27.8 Å². The minimum Gasteiger partial charge on any atom is -0.349 e. The number of halogens is 6. The number of Topliss-reactive ketones (excluding diaryl/α,β-unsaturated/α-hetero) is 1. The molecule has 1 atom stereocenters. The van der Waals surface area contributed by atoms with Crippen LogP contribution in [-0.2, 0) is 17.5 Å². The number of hydrogen-bond acceptors (Lipinski definition) is 4. The van der Waals surface area contributed by atoms with Gasteiger partial charge in [-0.1, -0.05) is 44.7 Å². The molecule has 7 nitrogen and oxygen atoms in total. The van der Waals surface area contributed by atoms with Crippen LogP contribution in [0.2, 0.25) is 5.02 Å². The summed E-state index contributed by atoms with van der Waals surface area (Å²) in [7, 11) is 0. The molecule has 13 heteroatoms. The van der Waals surface area contributed by atoms with E-state index in [0.717, 1.165) is 31.4 Å². The average Bonchev–Trinajstić information content (AvgIpc) is 3.25. The van der Waals surface area contributed by atoms with Crippen molar-refractivity contribution in [3.8, 4) is 0 Å². The maximum absolute atomic E-state index is 14.2. The Morgan fingerprint density at radius 3 is 2.36 bits per heavy atom. The van der Waals surface area contributed by atoms with Crippen LogP contribution in [0.15, 0.2) is 36.4 Å². The number of ketones is 1. The highest BCUT2D eigenvalue weighted by atomic mass is 35.5. The molecular formula is C29H30ClF5N4O3. The minimum atomic E-state index is -4.92. The summed E-state index contributed by atoms with van der Waals surface area (Å²) in [5.74, 6) is -5.56.